The van der Waals surface area contributed by atoms with E-state index in [4.69, 9.17) is 0 Å². The van der Waals surface area contributed by atoms with E-state index < -0.39 is 10.2 Å². The second-order valence-electron chi connectivity index (χ2n) is 3.51. The first-order chi connectivity index (χ1) is 8.41. The fourth-order valence-corrected chi connectivity index (χ4v) is 2.52. The molecule has 0 radical (unpaired) electrons. The van der Waals surface area contributed by atoms with Gasteiger partial charge >= 0.3 is 10.2 Å². The van der Waals surface area contributed by atoms with Crippen molar-refractivity contribution in [3.8, 4) is 0 Å². The molecule has 0 atom stereocenters. The Morgan fingerprint density at radius 2 is 2.06 bits per heavy atom. The van der Waals surface area contributed by atoms with Gasteiger partial charge in [0.15, 0.2) is 5.12 Å². The first kappa shape index (κ1) is 14.9. The van der Waals surface area contributed by atoms with Crippen molar-refractivity contribution in [3.05, 3.63) is 35.9 Å². The molecule has 1 aromatic carbocycles. The third-order valence-corrected chi connectivity index (χ3v) is 3.81. The highest BCUT2D eigenvalue weighted by molar-refractivity contribution is 8.13. The molecule has 98 valence electrons. The van der Waals surface area contributed by atoms with Gasteiger partial charge in [-0.05, 0) is 18.1 Å². The normalized spacial score (nSPS) is 11.9. The van der Waals surface area contributed by atoms with E-state index in [-0.39, 0.29) is 10.0 Å². The number of thioether (sulfide) groups is 1. The van der Waals surface area contributed by atoms with E-state index >= 15 is 0 Å². The Balaban J connectivity index is 2.73. The maximum Gasteiger partial charge on any atom is 0.332 e. The smallest absolute Gasteiger partial charge is 0.288 e. The molecule has 1 aromatic rings. The lowest BCUT2D eigenvalue weighted by Gasteiger charge is -2.00. The summed E-state index contributed by atoms with van der Waals surface area (Å²) in [5, 5.41) is 0.0372. The predicted octanol–water partition coefficient (Wildman–Crippen LogP) is 3.03. The summed E-state index contributed by atoms with van der Waals surface area (Å²) in [5.74, 6) is 0.621. The maximum atomic E-state index is 13.0. The summed E-state index contributed by atoms with van der Waals surface area (Å²) in [6.07, 6.45) is 3.89. The maximum absolute atomic E-state index is 13.0. The van der Waals surface area contributed by atoms with Gasteiger partial charge in [-0.2, -0.15) is 8.42 Å². The standard InChI is InChI=1S/C12H13FO3S2/c1-10(14)17-9-5-4-7-11-6-2-3-8-12(11)18(13,15)16/h2-4,6-8H,5,9H2,1H3. The summed E-state index contributed by atoms with van der Waals surface area (Å²) in [7, 11) is -4.70. The summed E-state index contributed by atoms with van der Waals surface area (Å²) in [5.41, 5.74) is 0.313. The summed E-state index contributed by atoms with van der Waals surface area (Å²) in [4.78, 5) is 10.3. The largest absolute Gasteiger partial charge is 0.332 e. The fourth-order valence-electron chi connectivity index (χ4n) is 1.32. The van der Waals surface area contributed by atoms with Crippen LogP contribution < -0.4 is 0 Å². The topological polar surface area (TPSA) is 51.2 Å². The van der Waals surface area contributed by atoms with Gasteiger partial charge in [-0.25, -0.2) is 0 Å². The number of carbonyl (C=O) groups excluding carboxylic acids is 1. The van der Waals surface area contributed by atoms with Crippen LogP contribution >= 0.6 is 11.8 Å². The number of hydrogen-bond acceptors (Lipinski definition) is 4. The molecule has 0 saturated heterocycles. The average molecular weight is 288 g/mol. The van der Waals surface area contributed by atoms with Gasteiger partial charge in [-0.1, -0.05) is 42.1 Å². The van der Waals surface area contributed by atoms with E-state index in [0.29, 0.717) is 17.7 Å². The van der Waals surface area contributed by atoms with E-state index in [1.807, 2.05) is 0 Å². The van der Waals surface area contributed by atoms with Crippen LogP contribution in [0.5, 0.6) is 0 Å². The Labute approximate surface area is 110 Å². The minimum absolute atomic E-state index is 0.0372. The van der Waals surface area contributed by atoms with E-state index in [1.54, 1.807) is 18.2 Å². The molecule has 0 aliphatic carbocycles. The van der Waals surface area contributed by atoms with Crippen molar-refractivity contribution in [2.24, 2.45) is 0 Å². The minimum atomic E-state index is -4.70. The van der Waals surface area contributed by atoms with Crippen molar-refractivity contribution < 1.29 is 17.1 Å². The van der Waals surface area contributed by atoms with Crippen LogP contribution in [0.3, 0.4) is 0 Å². The summed E-state index contributed by atoms with van der Waals surface area (Å²) < 4.78 is 34.7. The van der Waals surface area contributed by atoms with Crippen LogP contribution in [-0.4, -0.2) is 19.3 Å². The first-order valence-corrected chi connectivity index (χ1v) is 7.62. The van der Waals surface area contributed by atoms with Crippen molar-refractivity contribution in [1.82, 2.24) is 0 Å². The SMILES string of the molecule is CC(=O)SCCC=Cc1ccccc1S(=O)(=O)F. The van der Waals surface area contributed by atoms with Gasteiger partial charge < -0.3 is 0 Å². The van der Waals surface area contributed by atoms with Crippen molar-refractivity contribution >= 4 is 33.2 Å². The van der Waals surface area contributed by atoms with Gasteiger partial charge in [0, 0.05) is 12.7 Å². The molecule has 0 spiro atoms. The van der Waals surface area contributed by atoms with Gasteiger partial charge in [0.25, 0.3) is 0 Å². The fraction of sp³-hybridized carbons (Fsp3) is 0.250. The third kappa shape index (κ3) is 5.01. The lowest BCUT2D eigenvalue weighted by atomic mass is 10.2. The third-order valence-electron chi connectivity index (χ3n) is 2.07. The Bertz CT molecular complexity index is 550. The molecule has 0 saturated carbocycles. The molecule has 0 fully saturated rings. The monoisotopic (exact) mass is 288 g/mol. The van der Waals surface area contributed by atoms with Crippen LogP contribution in [0.25, 0.3) is 6.08 Å². The van der Waals surface area contributed by atoms with E-state index in [1.165, 1.54) is 36.9 Å². The minimum Gasteiger partial charge on any atom is -0.288 e. The summed E-state index contributed by atoms with van der Waals surface area (Å²) in [6.45, 7) is 1.49. The molecule has 0 unspecified atom stereocenters. The lowest BCUT2D eigenvalue weighted by Crippen LogP contribution is -1.94. The number of rotatable bonds is 5. The van der Waals surface area contributed by atoms with Crippen LogP contribution in [0.1, 0.15) is 18.9 Å². The van der Waals surface area contributed by atoms with Crippen molar-refractivity contribution in [1.29, 1.82) is 0 Å². The molecule has 0 aliphatic heterocycles. The van der Waals surface area contributed by atoms with Gasteiger partial charge in [0.05, 0.1) is 0 Å². The molecule has 0 amide bonds. The van der Waals surface area contributed by atoms with Gasteiger partial charge in [0.1, 0.15) is 4.90 Å². The Hall–Kier alpha value is -1.14. The van der Waals surface area contributed by atoms with Crippen LogP contribution in [-0.2, 0) is 15.0 Å². The Morgan fingerprint density at radius 1 is 1.39 bits per heavy atom. The number of benzene rings is 1. The molecule has 1 rings (SSSR count). The molecule has 18 heavy (non-hydrogen) atoms. The molecular formula is C12H13FO3S2. The predicted molar refractivity (Wildman–Crippen MR) is 71.5 cm³/mol. The molecule has 0 N–H and O–H groups in total. The zero-order valence-electron chi connectivity index (χ0n) is 9.80. The molecule has 3 nitrogen and oxygen atoms in total. The van der Waals surface area contributed by atoms with Crippen molar-refractivity contribution in [2.75, 3.05) is 5.75 Å². The number of hydrogen-bond donors (Lipinski definition) is 0. The molecule has 0 bridgehead atoms. The molecular weight excluding hydrogens is 275 g/mol. The number of allylic oxidation sites excluding steroid dienone is 1. The molecule has 0 heterocycles. The highest BCUT2D eigenvalue weighted by atomic mass is 32.3. The van der Waals surface area contributed by atoms with Gasteiger partial charge in [-0.15, -0.1) is 3.89 Å². The van der Waals surface area contributed by atoms with Gasteiger partial charge in [-0.3, -0.25) is 4.79 Å². The van der Waals surface area contributed by atoms with Crippen molar-refractivity contribution in [2.45, 2.75) is 18.2 Å². The Morgan fingerprint density at radius 3 is 2.67 bits per heavy atom. The highest BCUT2D eigenvalue weighted by Gasteiger charge is 2.14. The zero-order chi connectivity index (χ0) is 13.6. The molecule has 0 aromatic heterocycles. The average Bonchev–Trinajstić information content (AvgIpc) is 2.27. The highest BCUT2D eigenvalue weighted by Crippen LogP contribution is 2.19. The second kappa shape index (κ2) is 6.70. The Kier molecular flexibility index (Phi) is 5.55. The number of halogens is 1. The molecule has 0 aliphatic rings. The molecule has 6 heteroatoms. The lowest BCUT2D eigenvalue weighted by molar-refractivity contribution is -0.109. The quantitative estimate of drug-likeness (QED) is 0.617. The summed E-state index contributed by atoms with van der Waals surface area (Å²) in [6, 6.07) is 5.86. The van der Waals surface area contributed by atoms with Crippen LogP contribution in [0.15, 0.2) is 35.2 Å². The number of carbonyl (C=O) groups is 1. The van der Waals surface area contributed by atoms with E-state index in [9.17, 15) is 17.1 Å². The first-order valence-electron chi connectivity index (χ1n) is 5.25. The van der Waals surface area contributed by atoms with Gasteiger partial charge in [0.2, 0.25) is 0 Å². The van der Waals surface area contributed by atoms with E-state index in [2.05, 4.69) is 0 Å². The van der Waals surface area contributed by atoms with Crippen LogP contribution in [0.2, 0.25) is 0 Å². The zero-order valence-corrected chi connectivity index (χ0v) is 11.4. The van der Waals surface area contributed by atoms with Crippen molar-refractivity contribution in [3.63, 3.8) is 0 Å². The van der Waals surface area contributed by atoms with Crippen LogP contribution in [0.4, 0.5) is 3.89 Å². The van der Waals surface area contributed by atoms with E-state index in [0.717, 1.165) is 0 Å². The van der Waals surface area contributed by atoms with Crippen LogP contribution in [0, 0.1) is 0 Å². The summed E-state index contributed by atoms with van der Waals surface area (Å²) >= 11 is 1.19. The second-order valence-corrected chi connectivity index (χ2v) is 6.09.